The average Bonchev–Trinajstić information content (AvgIpc) is 3.11. The van der Waals surface area contributed by atoms with Gasteiger partial charge >= 0.3 is 0 Å². The highest BCUT2D eigenvalue weighted by molar-refractivity contribution is 6.05. The molecule has 0 saturated carbocycles. The number of nitrogens with one attached hydrogen (secondary N) is 2. The van der Waals surface area contributed by atoms with E-state index in [0.717, 1.165) is 24.1 Å². The van der Waals surface area contributed by atoms with Crippen LogP contribution in [0.2, 0.25) is 0 Å². The summed E-state index contributed by atoms with van der Waals surface area (Å²) >= 11 is 0. The van der Waals surface area contributed by atoms with Gasteiger partial charge in [0.2, 0.25) is 11.5 Å². The molecule has 142 valence electrons. The molecule has 0 bridgehead atoms. The van der Waals surface area contributed by atoms with Crippen LogP contribution in [0, 0.1) is 0 Å². The minimum absolute atomic E-state index is 0.175. The van der Waals surface area contributed by atoms with Crippen molar-refractivity contribution in [2.24, 2.45) is 0 Å². The Hall–Kier alpha value is -3.41. The van der Waals surface area contributed by atoms with Crippen molar-refractivity contribution in [3.05, 3.63) is 81.6 Å². The van der Waals surface area contributed by atoms with E-state index in [9.17, 15) is 14.4 Å². The zero-order valence-corrected chi connectivity index (χ0v) is 15.4. The van der Waals surface area contributed by atoms with E-state index >= 15 is 0 Å². The molecule has 6 heteroatoms. The number of H-pyrrole nitrogens is 1. The first kappa shape index (κ1) is 18.0. The van der Waals surface area contributed by atoms with Gasteiger partial charge in [-0.05, 0) is 23.6 Å². The zero-order valence-electron chi connectivity index (χ0n) is 15.4. The normalized spacial score (nSPS) is 13.9. The first-order valence-corrected chi connectivity index (χ1v) is 9.36. The fourth-order valence-corrected chi connectivity index (χ4v) is 3.62. The van der Waals surface area contributed by atoms with Gasteiger partial charge in [0.15, 0.2) is 0 Å². The number of likely N-dealkylation sites (tertiary alicyclic amines) is 1. The quantitative estimate of drug-likeness (QED) is 0.719. The largest absolute Gasteiger partial charge is 0.348 e. The number of benzene rings is 2. The van der Waals surface area contributed by atoms with E-state index in [4.69, 9.17) is 0 Å². The van der Waals surface area contributed by atoms with Gasteiger partial charge in [-0.3, -0.25) is 14.4 Å². The summed E-state index contributed by atoms with van der Waals surface area (Å²) in [5, 5.41) is 3.62. The van der Waals surface area contributed by atoms with Crippen LogP contribution in [0.5, 0.6) is 0 Å². The van der Waals surface area contributed by atoms with Crippen LogP contribution >= 0.6 is 0 Å². The molecule has 0 unspecified atom stereocenters. The number of aromatic nitrogens is 1. The van der Waals surface area contributed by atoms with Gasteiger partial charge in [0.25, 0.3) is 5.91 Å². The van der Waals surface area contributed by atoms with Gasteiger partial charge in [-0.2, -0.15) is 0 Å². The van der Waals surface area contributed by atoms with Crippen molar-refractivity contribution in [1.29, 1.82) is 0 Å². The smallest absolute Gasteiger partial charge is 0.252 e. The Kier molecular flexibility index (Phi) is 4.93. The van der Waals surface area contributed by atoms with E-state index in [1.807, 2.05) is 47.4 Å². The van der Waals surface area contributed by atoms with Gasteiger partial charge in [0, 0.05) is 43.0 Å². The summed E-state index contributed by atoms with van der Waals surface area (Å²) in [6.07, 6.45) is 1.50. The predicted octanol–water partition coefficient (Wildman–Crippen LogP) is 2.58. The molecule has 1 saturated heterocycles. The molecular formula is C22H21N3O3. The maximum absolute atomic E-state index is 12.8. The second kappa shape index (κ2) is 7.68. The molecule has 0 spiro atoms. The molecule has 2 N–H and O–H groups in total. The van der Waals surface area contributed by atoms with Crippen molar-refractivity contribution in [2.75, 3.05) is 6.54 Å². The van der Waals surface area contributed by atoms with Gasteiger partial charge in [-0.1, -0.05) is 42.5 Å². The maximum atomic E-state index is 12.8. The fourth-order valence-electron chi connectivity index (χ4n) is 3.62. The van der Waals surface area contributed by atoms with Crippen LogP contribution in [0.4, 0.5) is 0 Å². The Morgan fingerprint density at radius 1 is 1.04 bits per heavy atom. The number of carbonyl (C=O) groups excluding carboxylic acids is 2. The molecule has 0 atom stereocenters. The van der Waals surface area contributed by atoms with Crippen LogP contribution < -0.4 is 10.9 Å². The number of nitrogens with zero attached hydrogens (tertiary/aromatic N) is 1. The van der Waals surface area contributed by atoms with Crippen LogP contribution in [-0.4, -0.2) is 28.2 Å². The topological polar surface area (TPSA) is 82.3 Å². The van der Waals surface area contributed by atoms with Gasteiger partial charge in [-0.15, -0.1) is 0 Å². The Bertz CT molecular complexity index is 1100. The van der Waals surface area contributed by atoms with E-state index < -0.39 is 0 Å². The Balaban J connectivity index is 1.53. The number of fused-ring (bicyclic) bond motifs is 1. The molecule has 2 heterocycles. The summed E-state index contributed by atoms with van der Waals surface area (Å²) in [5.74, 6) is -0.122. The Labute approximate surface area is 162 Å². The number of rotatable bonds is 5. The molecule has 1 aliphatic heterocycles. The number of aromatic amines is 1. The Morgan fingerprint density at radius 3 is 2.57 bits per heavy atom. The van der Waals surface area contributed by atoms with Crippen molar-refractivity contribution >= 4 is 22.7 Å². The number of para-hydroxylation sites is 1. The zero-order chi connectivity index (χ0) is 19.5. The van der Waals surface area contributed by atoms with Crippen LogP contribution in [-0.2, 0) is 17.9 Å². The molecule has 1 fully saturated rings. The van der Waals surface area contributed by atoms with E-state index in [1.54, 1.807) is 6.07 Å². The minimum Gasteiger partial charge on any atom is -0.348 e. The first-order chi connectivity index (χ1) is 13.6. The highest BCUT2D eigenvalue weighted by atomic mass is 16.2. The molecule has 0 aliphatic carbocycles. The fraction of sp³-hybridized carbons (Fsp3) is 0.227. The standard InChI is InChI=1S/C22H21N3O3/c26-20-12-18(17-8-3-4-9-19(17)24-20)22(28)23-13-15-6-1-2-7-16(15)14-25-11-5-10-21(25)27/h1-4,6-9,12H,5,10-11,13-14H2,(H,23,28)(H,24,26). The molecule has 3 aromatic rings. The van der Waals surface area contributed by atoms with Crippen LogP contribution in [0.3, 0.4) is 0 Å². The molecule has 1 aromatic heterocycles. The lowest BCUT2D eigenvalue weighted by Gasteiger charge is -2.18. The lowest BCUT2D eigenvalue weighted by Crippen LogP contribution is -2.27. The minimum atomic E-state index is -0.309. The number of pyridine rings is 1. The molecule has 4 rings (SSSR count). The predicted molar refractivity (Wildman–Crippen MR) is 107 cm³/mol. The summed E-state index contributed by atoms with van der Waals surface area (Å²) < 4.78 is 0. The monoisotopic (exact) mass is 375 g/mol. The molecule has 2 amide bonds. The maximum Gasteiger partial charge on any atom is 0.252 e. The Morgan fingerprint density at radius 2 is 1.79 bits per heavy atom. The van der Waals surface area contributed by atoms with Crippen LogP contribution in [0.15, 0.2) is 59.4 Å². The lowest BCUT2D eigenvalue weighted by atomic mass is 10.1. The van der Waals surface area contributed by atoms with Crippen LogP contribution in [0.25, 0.3) is 10.9 Å². The number of hydrogen-bond acceptors (Lipinski definition) is 3. The van der Waals surface area contributed by atoms with E-state index in [0.29, 0.717) is 36.0 Å². The third-order valence-corrected chi connectivity index (χ3v) is 5.09. The molecule has 1 aliphatic rings. The van der Waals surface area contributed by atoms with Gasteiger partial charge in [-0.25, -0.2) is 0 Å². The molecular weight excluding hydrogens is 354 g/mol. The molecule has 2 aromatic carbocycles. The molecule has 28 heavy (non-hydrogen) atoms. The van der Waals surface area contributed by atoms with Crippen molar-refractivity contribution in [3.8, 4) is 0 Å². The lowest BCUT2D eigenvalue weighted by molar-refractivity contribution is -0.128. The third kappa shape index (κ3) is 3.67. The number of amides is 2. The van der Waals surface area contributed by atoms with Gasteiger partial charge < -0.3 is 15.2 Å². The SMILES string of the molecule is O=C(NCc1ccccc1CN1CCCC1=O)c1cc(=O)[nH]c2ccccc12. The van der Waals surface area contributed by atoms with E-state index in [-0.39, 0.29) is 17.4 Å². The third-order valence-electron chi connectivity index (χ3n) is 5.09. The average molecular weight is 375 g/mol. The summed E-state index contributed by atoms with van der Waals surface area (Å²) in [6, 6.07) is 16.3. The summed E-state index contributed by atoms with van der Waals surface area (Å²) in [6.45, 7) is 1.66. The van der Waals surface area contributed by atoms with Gasteiger partial charge in [0.1, 0.15) is 0 Å². The summed E-state index contributed by atoms with van der Waals surface area (Å²) in [4.78, 5) is 41.2. The van der Waals surface area contributed by atoms with Crippen molar-refractivity contribution in [3.63, 3.8) is 0 Å². The van der Waals surface area contributed by atoms with E-state index in [2.05, 4.69) is 10.3 Å². The van der Waals surface area contributed by atoms with Gasteiger partial charge in [0.05, 0.1) is 5.56 Å². The second-order valence-corrected chi connectivity index (χ2v) is 6.96. The summed E-state index contributed by atoms with van der Waals surface area (Å²) in [5.41, 5.74) is 2.66. The summed E-state index contributed by atoms with van der Waals surface area (Å²) in [7, 11) is 0. The highest BCUT2D eigenvalue weighted by Gasteiger charge is 2.21. The highest BCUT2D eigenvalue weighted by Crippen LogP contribution is 2.18. The van der Waals surface area contributed by atoms with Crippen molar-refractivity contribution in [2.45, 2.75) is 25.9 Å². The van der Waals surface area contributed by atoms with E-state index in [1.165, 1.54) is 6.07 Å². The molecule has 6 nitrogen and oxygen atoms in total. The molecule has 0 radical (unpaired) electrons. The number of carbonyl (C=O) groups is 2. The van der Waals surface area contributed by atoms with Crippen molar-refractivity contribution < 1.29 is 9.59 Å². The number of hydrogen-bond donors (Lipinski definition) is 2. The van der Waals surface area contributed by atoms with Crippen LogP contribution in [0.1, 0.15) is 34.3 Å². The van der Waals surface area contributed by atoms with Crippen molar-refractivity contribution in [1.82, 2.24) is 15.2 Å². The second-order valence-electron chi connectivity index (χ2n) is 6.96. The first-order valence-electron chi connectivity index (χ1n) is 9.36.